The first-order chi connectivity index (χ1) is 14.6. The Kier molecular flexibility index (Phi) is 4.89. The molecule has 0 radical (unpaired) electrons. The molecule has 0 saturated carbocycles. The van der Waals surface area contributed by atoms with E-state index in [0.29, 0.717) is 5.11 Å². The third kappa shape index (κ3) is 3.22. The zero-order valence-corrected chi connectivity index (χ0v) is 18.1. The molecule has 0 unspecified atom stereocenters. The lowest BCUT2D eigenvalue weighted by Gasteiger charge is -2.18. The summed E-state index contributed by atoms with van der Waals surface area (Å²) in [7, 11) is 4.18. The van der Waals surface area contributed by atoms with Crippen LogP contribution in [-0.4, -0.2) is 37.2 Å². The highest BCUT2D eigenvalue weighted by Crippen LogP contribution is 2.42. The second-order valence-electron chi connectivity index (χ2n) is 8.14. The SMILES string of the molecule is CN(C)CCCNC(=S)Nc1ccc2cccc3c4cccc5cccc(c1c23)c54. The monoisotopic (exact) mass is 411 g/mol. The maximum absolute atomic E-state index is 5.62. The summed E-state index contributed by atoms with van der Waals surface area (Å²) in [5, 5.41) is 17.8. The van der Waals surface area contributed by atoms with Crippen LogP contribution in [0.15, 0.2) is 66.7 Å². The van der Waals surface area contributed by atoms with Gasteiger partial charge in [-0.15, -0.1) is 0 Å². The Morgan fingerprint density at radius 1 is 0.767 bits per heavy atom. The fourth-order valence-corrected chi connectivity index (χ4v) is 4.74. The predicted molar refractivity (Wildman–Crippen MR) is 135 cm³/mol. The van der Waals surface area contributed by atoms with Crippen molar-refractivity contribution in [2.24, 2.45) is 0 Å². The van der Waals surface area contributed by atoms with Crippen LogP contribution >= 0.6 is 12.2 Å². The highest BCUT2D eigenvalue weighted by Gasteiger charge is 2.15. The number of nitrogens with one attached hydrogen (secondary N) is 2. The quantitative estimate of drug-likeness (QED) is 0.161. The summed E-state index contributed by atoms with van der Waals surface area (Å²) in [6, 6.07) is 24.1. The minimum atomic E-state index is 0.674. The van der Waals surface area contributed by atoms with Crippen LogP contribution in [-0.2, 0) is 0 Å². The standard InChI is InChI=1S/C26H25N3S/c1-29(2)16-6-15-27-26(30)28-22-14-13-18-9-4-11-20-19-10-3-7-17-8-5-12-21(23(17)19)25(22)24(18)20/h3-5,7-14H,6,15-16H2,1-2H3,(H2,27,28,30). The van der Waals surface area contributed by atoms with E-state index in [2.05, 4.69) is 96.4 Å². The van der Waals surface area contributed by atoms with Gasteiger partial charge in [-0.25, -0.2) is 0 Å². The van der Waals surface area contributed by atoms with Gasteiger partial charge >= 0.3 is 0 Å². The molecule has 5 rings (SSSR count). The van der Waals surface area contributed by atoms with E-state index in [1.54, 1.807) is 0 Å². The summed E-state index contributed by atoms with van der Waals surface area (Å²) in [4.78, 5) is 2.19. The summed E-state index contributed by atoms with van der Waals surface area (Å²) >= 11 is 5.62. The largest absolute Gasteiger partial charge is 0.362 e. The third-order valence-corrected chi connectivity index (χ3v) is 6.07. The number of rotatable bonds is 5. The summed E-state index contributed by atoms with van der Waals surface area (Å²) in [5.41, 5.74) is 1.06. The molecular weight excluding hydrogens is 386 g/mol. The van der Waals surface area contributed by atoms with Crippen LogP contribution in [0.2, 0.25) is 0 Å². The van der Waals surface area contributed by atoms with Gasteiger partial charge in [-0.1, -0.05) is 60.7 Å². The van der Waals surface area contributed by atoms with E-state index in [0.717, 1.165) is 25.2 Å². The molecule has 5 aromatic rings. The normalized spacial score (nSPS) is 11.8. The van der Waals surface area contributed by atoms with E-state index in [9.17, 15) is 0 Å². The molecule has 5 aromatic carbocycles. The van der Waals surface area contributed by atoms with Crippen molar-refractivity contribution in [1.82, 2.24) is 10.2 Å². The van der Waals surface area contributed by atoms with Crippen molar-refractivity contribution < 1.29 is 0 Å². The molecule has 0 fully saturated rings. The summed E-state index contributed by atoms with van der Waals surface area (Å²) in [6.45, 7) is 1.90. The molecule has 0 aromatic heterocycles. The Labute approximate surface area is 182 Å². The van der Waals surface area contributed by atoms with Crippen molar-refractivity contribution in [1.29, 1.82) is 0 Å². The van der Waals surface area contributed by atoms with Crippen LogP contribution in [0.4, 0.5) is 5.69 Å². The van der Waals surface area contributed by atoms with Gasteiger partial charge in [0, 0.05) is 17.6 Å². The summed E-state index contributed by atoms with van der Waals surface area (Å²) < 4.78 is 0. The van der Waals surface area contributed by atoms with Gasteiger partial charge < -0.3 is 15.5 Å². The first-order valence-corrected chi connectivity index (χ1v) is 10.8. The highest BCUT2D eigenvalue weighted by molar-refractivity contribution is 7.80. The fourth-order valence-electron chi connectivity index (χ4n) is 4.53. The van der Waals surface area contributed by atoms with Crippen LogP contribution in [0.1, 0.15) is 6.42 Å². The first-order valence-electron chi connectivity index (χ1n) is 10.4. The number of hydrogen-bond acceptors (Lipinski definition) is 2. The average Bonchev–Trinajstić information content (AvgIpc) is 2.75. The number of thiocarbonyl (C=S) groups is 1. The van der Waals surface area contributed by atoms with E-state index >= 15 is 0 Å². The van der Waals surface area contributed by atoms with Crippen LogP contribution < -0.4 is 10.6 Å². The van der Waals surface area contributed by atoms with Crippen molar-refractivity contribution in [3.63, 3.8) is 0 Å². The first kappa shape index (κ1) is 19.0. The molecule has 3 nitrogen and oxygen atoms in total. The second-order valence-corrected chi connectivity index (χ2v) is 8.55. The molecule has 0 bridgehead atoms. The van der Waals surface area contributed by atoms with Crippen LogP contribution in [0.3, 0.4) is 0 Å². The minimum absolute atomic E-state index is 0.674. The average molecular weight is 412 g/mol. The molecule has 2 N–H and O–H groups in total. The van der Waals surface area contributed by atoms with Gasteiger partial charge in [-0.05, 0) is 83.0 Å². The molecule has 0 aliphatic rings. The van der Waals surface area contributed by atoms with E-state index in [4.69, 9.17) is 12.2 Å². The van der Waals surface area contributed by atoms with E-state index < -0.39 is 0 Å². The predicted octanol–water partition coefficient (Wildman–Crippen LogP) is 5.98. The van der Waals surface area contributed by atoms with E-state index in [1.807, 2.05) is 0 Å². The van der Waals surface area contributed by atoms with Gasteiger partial charge in [0.05, 0.1) is 0 Å². The Morgan fingerprint density at radius 2 is 1.40 bits per heavy atom. The van der Waals surface area contributed by atoms with E-state index in [-0.39, 0.29) is 0 Å². The van der Waals surface area contributed by atoms with Gasteiger partial charge in [-0.2, -0.15) is 0 Å². The molecule has 0 heterocycles. The molecule has 0 amide bonds. The number of fused-ring (bicyclic) bond motifs is 2. The number of nitrogens with zero attached hydrogens (tertiary/aromatic N) is 1. The smallest absolute Gasteiger partial charge is 0.170 e. The zero-order chi connectivity index (χ0) is 20.7. The lowest BCUT2D eigenvalue weighted by Crippen LogP contribution is -2.30. The maximum Gasteiger partial charge on any atom is 0.170 e. The number of anilines is 1. The van der Waals surface area contributed by atoms with Gasteiger partial charge in [0.25, 0.3) is 0 Å². The Morgan fingerprint density at radius 3 is 2.10 bits per heavy atom. The van der Waals surface area contributed by atoms with E-state index in [1.165, 1.54) is 43.1 Å². The Hall–Kier alpha value is -2.95. The van der Waals surface area contributed by atoms with Crippen LogP contribution in [0.25, 0.3) is 43.1 Å². The molecule has 0 saturated heterocycles. The lowest BCUT2D eigenvalue weighted by molar-refractivity contribution is 0.400. The molecule has 0 spiro atoms. The fraction of sp³-hybridized carbons (Fsp3) is 0.192. The van der Waals surface area contributed by atoms with Gasteiger partial charge in [0.15, 0.2) is 5.11 Å². The summed E-state index contributed by atoms with van der Waals surface area (Å²) in [5.74, 6) is 0. The molecule has 4 heteroatoms. The molecule has 150 valence electrons. The molecule has 30 heavy (non-hydrogen) atoms. The van der Waals surface area contributed by atoms with Crippen LogP contribution in [0.5, 0.6) is 0 Å². The second kappa shape index (κ2) is 7.71. The number of benzene rings is 5. The maximum atomic E-state index is 5.62. The topological polar surface area (TPSA) is 27.3 Å². The molecular formula is C26H25N3S. The molecule has 0 aliphatic carbocycles. The zero-order valence-electron chi connectivity index (χ0n) is 17.3. The molecule has 0 atom stereocenters. The van der Waals surface area contributed by atoms with Gasteiger partial charge in [0.2, 0.25) is 0 Å². The van der Waals surface area contributed by atoms with Crippen molar-refractivity contribution in [2.75, 3.05) is 32.5 Å². The van der Waals surface area contributed by atoms with Crippen molar-refractivity contribution in [2.45, 2.75) is 6.42 Å². The van der Waals surface area contributed by atoms with Gasteiger partial charge in [-0.3, -0.25) is 0 Å². The van der Waals surface area contributed by atoms with Crippen molar-refractivity contribution in [3.05, 3.63) is 66.7 Å². The Balaban J connectivity index is 1.65. The Bertz CT molecular complexity index is 1370. The molecule has 0 aliphatic heterocycles. The number of hydrogen-bond donors (Lipinski definition) is 2. The van der Waals surface area contributed by atoms with Crippen molar-refractivity contribution in [3.8, 4) is 0 Å². The van der Waals surface area contributed by atoms with Gasteiger partial charge in [0.1, 0.15) is 0 Å². The highest BCUT2D eigenvalue weighted by atomic mass is 32.1. The minimum Gasteiger partial charge on any atom is -0.362 e. The third-order valence-electron chi connectivity index (χ3n) is 5.83. The summed E-state index contributed by atoms with van der Waals surface area (Å²) in [6.07, 6.45) is 1.05. The lowest BCUT2D eigenvalue weighted by atomic mass is 9.89. The van der Waals surface area contributed by atoms with Crippen LogP contribution in [0, 0.1) is 0 Å². The van der Waals surface area contributed by atoms with Crippen molar-refractivity contribution >= 4 is 66.1 Å².